The number of hydrogen-bond donors (Lipinski definition) is 1. The minimum Gasteiger partial charge on any atom is -0.348 e. The highest BCUT2D eigenvalue weighted by Gasteiger charge is 2.32. The average molecular weight is 257 g/mol. The number of aromatic amines is 1. The molecule has 0 radical (unpaired) electrons. The summed E-state index contributed by atoms with van der Waals surface area (Å²) in [6.45, 7) is 0. The Labute approximate surface area is 100.0 Å². The molecule has 1 aliphatic rings. The lowest BCUT2D eigenvalue weighted by Crippen LogP contribution is -2.38. The molecular formula is C10H15N3O3S. The Hall–Kier alpha value is -1.37. The normalized spacial score (nSPS) is 22.5. The summed E-state index contributed by atoms with van der Waals surface area (Å²) in [5, 5.41) is 0. The molecule has 2 heterocycles. The van der Waals surface area contributed by atoms with E-state index >= 15 is 0 Å². The van der Waals surface area contributed by atoms with Gasteiger partial charge in [0.1, 0.15) is 0 Å². The molecule has 1 atom stereocenters. The van der Waals surface area contributed by atoms with Crippen LogP contribution < -0.4 is 0 Å². The Balaban J connectivity index is 1.96. The summed E-state index contributed by atoms with van der Waals surface area (Å²) < 4.78 is 22.7. The van der Waals surface area contributed by atoms with Crippen LogP contribution in [0.25, 0.3) is 0 Å². The molecular weight excluding hydrogens is 242 g/mol. The van der Waals surface area contributed by atoms with Crippen molar-refractivity contribution in [2.45, 2.75) is 18.9 Å². The van der Waals surface area contributed by atoms with Crippen LogP contribution in [0.4, 0.5) is 0 Å². The smallest absolute Gasteiger partial charge is 0.228 e. The molecule has 1 aromatic heterocycles. The molecule has 0 bridgehead atoms. The van der Waals surface area contributed by atoms with Gasteiger partial charge in [0.15, 0.2) is 9.84 Å². The van der Waals surface area contributed by atoms with Gasteiger partial charge in [-0.15, -0.1) is 0 Å². The molecule has 7 heteroatoms. The summed E-state index contributed by atoms with van der Waals surface area (Å²) in [5.74, 6) is 0.175. The van der Waals surface area contributed by atoms with E-state index in [1.54, 1.807) is 13.2 Å². The van der Waals surface area contributed by atoms with Crippen LogP contribution in [0.1, 0.15) is 12.1 Å². The Bertz CT molecular complexity index is 495. The molecule has 17 heavy (non-hydrogen) atoms. The fourth-order valence-corrected chi connectivity index (χ4v) is 3.73. The average Bonchev–Trinajstić information content (AvgIpc) is 2.86. The number of rotatable bonds is 3. The molecule has 1 aromatic rings. The van der Waals surface area contributed by atoms with Crippen molar-refractivity contribution in [3.63, 3.8) is 0 Å². The monoisotopic (exact) mass is 257 g/mol. The first-order valence-electron chi connectivity index (χ1n) is 5.41. The minimum atomic E-state index is -2.95. The molecule has 1 fully saturated rings. The van der Waals surface area contributed by atoms with Crippen LogP contribution in [0.2, 0.25) is 0 Å². The van der Waals surface area contributed by atoms with Crippen molar-refractivity contribution in [2.75, 3.05) is 18.6 Å². The summed E-state index contributed by atoms with van der Waals surface area (Å²) in [5.41, 5.74) is 0.739. The third-order valence-corrected chi connectivity index (χ3v) is 4.80. The molecule has 94 valence electrons. The predicted octanol–water partition coefficient (Wildman–Crippen LogP) is -0.402. The first kappa shape index (κ1) is 12.1. The second kappa shape index (κ2) is 4.48. The topological polar surface area (TPSA) is 83.1 Å². The number of H-pyrrole nitrogens is 1. The number of amides is 1. The van der Waals surface area contributed by atoms with Crippen LogP contribution >= 0.6 is 0 Å². The number of imidazole rings is 1. The van der Waals surface area contributed by atoms with E-state index in [0.29, 0.717) is 6.42 Å². The Kier molecular flexibility index (Phi) is 3.19. The number of carbonyl (C=O) groups excluding carboxylic acids is 1. The maximum atomic E-state index is 11.9. The van der Waals surface area contributed by atoms with Crippen molar-refractivity contribution >= 4 is 15.7 Å². The first-order chi connectivity index (χ1) is 7.98. The number of carbonyl (C=O) groups is 1. The van der Waals surface area contributed by atoms with Gasteiger partial charge in [-0.1, -0.05) is 0 Å². The zero-order valence-electron chi connectivity index (χ0n) is 9.59. The van der Waals surface area contributed by atoms with Crippen molar-refractivity contribution in [3.05, 3.63) is 18.2 Å². The van der Waals surface area contributed by atoms with Gasteiger partial charge in [0.05, 0.1) is 24.3 Å². The summed E-state index contributed by atoms with van der Waals surface area (Å²) >= 11 is 0. The van der Waals surface area contributed by atoms with Gasteiger partial charge in [-0.25, -0.2) is 13.4 Å². The van der Waals surface area contributed by atoms with E-state index in [1.165, 1.54) is 11.2 Å². The highest BCUT2D eigenvalue weighted by atomic mass is 32.2. The van der Waals surface area contributed by atoms with Crippen LogP contribution in [-0.2, 0) is 21.1 Å². The highest BCUT2D eigenvalue weighted by Crippen LogP contribution is 2.17. The molecule has 6 nitrogen and oxygen atoms in total. The quantitative estimate of drug-likeness (QED) is 0.798. The Morgan fingerprint density at radius 3 is 2.94 bits per heavy atom. The van der Waals surface area contributed by atoms with Crippen LogP contribution in [0.5, 0.6) is 0 Å². The second-order valence-corrected chi connectivity index (χ2v) is 6.54. The van der Waals surface area contributed by atoms with E-state index in [-0.39, 0.29) is 29.9 Å². The first-order valence-corrected chi connectivity index (χ1v) is 7.23. The molecule has 1 amide bonds. The molecule has 0 aromatic carbocycles. The van der Waals surface area contributed by atoms with E-state index in [9.17, 15) is 13.2 Å². The molecule has 1 aliphatic heterocycles. The van der Waals surface area contributed by atoms with Gasteiger partial charge in [0, 0.05) is 25.0 Å². The molecule has 0 spiro atoms. The molecule has 1 N–H and O–H groups in total. The van der Waals surface area contributed by atoms with Gasteiger partial charge in [-0.05, 0) is 6.42 Å². The fourth-order valence-electron chi connectivity index (χ4n) is 1.95. The van der Waals surface area contributed by atoms with Gasteiger partial charge in [-0.3, -0.25) is 4.79 Å². The van der Waals surface area contributed by atoms with Gasteiger partial charge >= 0.3 is 0 Å². The predicted molar refractivity (Wildman–Crippen MR) is 62.1 cm³/mol. The number of sulfone groups is 1. The summed E-state index contributed by atoms with van der Waals surface area (Å²) in [6.07, 6.45) is 3.88. The zero-order chi connectivity index (χ0) is 12.5. The third-order valence-electron chi connectivity index (χ3n) is 3.05. The van der Waals surface area contributed by atoms with Crippen LogP contribution in [0.15, 0.2) is 12.5 Å². The molecule has 0 saturated carbocycles. The standard InChI is InChI=1S/C10H15N3O3S/c1-13(9-2-3-17(15,16)6-9)10(14)4-8-5-11-7-12-8/h5,7,9H,2-4,6H2,1H3,(H,11,12). The van der Waals surface area contributed by atoms with Gasteiger partial charge in [0.2, 0.25) is 5.91 Å². The van der Waals surface area contributed by atoms with Crippen LogP contribution in [-0.4, -0.2) is 53.8 Å². The van der Waals surface area contributed by atoms with Crippen LogP contribution in [0.3, 0.4) is 0 Å². The molecule has 0 aliphatic carbocycles. The highest BCUT2D eigenvalue weighted by molar-refractivity contribution is 7.91. The van der Waals surface area contributed by atoms with Crippen molar-refractivity contribution < 1.29 is 13.2 Å². The maximum absolute atomic E-state index is 11.9. The lowest BCUT2D eigenvalue weighted by atomic mass is 10.2. The van der Waals surface area contributed by atoms with Crippen molar-refractivity contribution in [3.8, 4) is 0 Å². The van der Waals surface area contributed by atoms with E-state index in [2.05, 4.69) is 9.97 Å². The number of aromatic nitrogens is 2. The van der Waals surface area contributed by atoms with Crippen molar-refractivity contribution in [2.24, 2.45) is 0 Å². The number of nitrogens with one attached hydrogen (secondary N) is 1. The number of likely N-dealkylation sites (N-methyl/N-ethyl adjacent to an activating group) is 1. The van der Waals surface area contributed by atoms with Gasteiger partial charge < -0.3 is 9.88 Å². The number of nitrogens with zero attached hydrogens (tertiary/aromatic N) is 2. The Morgan fingerprint density at radius 2 is 2.41 bits per heavy atom. The fraction of sp³-hybridized carbons (Fsp3) is 0.600. The maximum Gasteiger partial charge on any atom is 0.228 e. The van der Waals surface area contributed by atoms with Crippen molar-refractivity contribution in [1.29, 1.82) is 0 Å². The van der Waals surface area contributed by atoms with Gasteiger partial charge in [-0.2, -0.15) is 0 Å². The number of hydrogen-bond acceptors (Lipinski definition) is 4. The van der Waals surface area contributed by atoms with E-state index in [1.807, 2.05) is 0 Å². The van der Waals surface area contributed by atoms with E-state index < -0.39 is 9.84 Å². The lowest BCUT2D eigenvalue weighted by molar-refractivity contribution is -0.130. The summed E-state index contributed by atoms with van der Waals surface area (Å²) in [7, 11) is -1.29. The van der Waals surface area contributed by atoms with Crippen LogP contribution in [0, 0.1) is 0 Å². The SMILES string of the molecule is CN(C(=O)Cc1cnc[nH]1)C1CCS(=O)(=O)C1. The lowest BCUT2D eigenvalue weighted by Gasteiger charge is -2.23. The second-order valence-electron chi connectivity index (χ2n) is 4.32. The molecule has 1 unspecified atom stereocenters. The van der Waals surface area contributed by atoms with Gasteiger partial charge in [0.25, 0.3) is 0 Å². The van der Waals surface area contributed by atoms with Crippen molar-refractivity contribution in [1.82, 2.24) is 14.9 Å². The largest absolute Gasteiger partial charge is 0.348 e. The molecule has 2 rings (SSSR count). The zero-order valence-corrected chi connectivity index (χ0v) is 10.4. The molecule has 1 saturated heterocycles. The summed E-state index contributed by atoms with van der Waals surface area (Å²) in [4.78, 5) is 20.1. The Morgan fingerprint density at radius 1 is 1.65 bits per heavy atom. The third kappa shape index (κ3) is 2.85. The van der Waals surface area contributed by atoms with E-state index in [0.717, 1.165) is 5.69 Å². The summed E-state index contributed by atoms with van der Waals surface area (Å²) in [6, 6.07) is -0.185. The minimum absolute atomic E-state index is 0.0816. The van der Waals surface area contributed by atoms with E-state index in [4.69, 9.17) is 0 Å².